The fourth-order valence-electron chi connectivity index (χ4n) is 3.77. The van der Waals surface area contributed by atoms with Crippen molar-refractivity contribution in [1.29, 1.82) is 0 Å². The molecule has 6 nitrogen and oxygen atoms in total. The lowest BCUT2D eigenvalue weighted by Gasteiger charge is -2.45. The quantitative estimate of drug-likeness (QED) is 0.791. The van der Waals surface area contributed by atoms with Crippen LogP contribution in [0.2, 0.25) is 5.02 Å². The Morgan fingerprint density at radius 3 is 2.60 bits per heavy atom. The Labute approximate surface area is 153 Å². The van der Waals surface area contributed by atoms with E-state index in [0.717, 1.165) is 6.42 Å². The Balaban J connectivity index is 2.00. The highest BCUT2D eigenvalue weighted by molar-refractivity contribution is 7.91. The summed E-state index contributed by atoms with van der Waals surface area (Å²) in [5, 5.41) is 0.398. The average molecular weight is 387 g/mol. The molecule has 2 saturated heterocycles. The molecule has 0 saturated carbocycles. The predicted molar refractivity (Wildman–Crippen MR) is 98.2 cm³/mol. The fourth-order valence-corrected chi connectivity index (χ4v) is 5.98. The molecule has 0 spiro atoms. The van der Waals surface area contributed by atoms with Crippen LogP contribution in [0.1, 0.15) is 20.3 Å². The first-order chi connectivity index (χ1) is 11.8. The summed E-state index contributed by atoms with van der Waals surface area (Å²) in [6.45, 7) is 4.30. The third-order valence-electron chi connectivity index (χ3n) is 5.21. The molecule has 2 fully saturated rings. The summed E-state index contributed by atoms with van der Waals surface area (Å²) in [4.78, 5) is 16.5. The Morgan fingerprint density at radius 1 is 1.32 bits per heavy atom. The number of sulfone groups is 1. The van der Waals surface area contributed by atoms with Crippen LogP contribution in [0.3, 0.4) is 0 Å². The molecule has 0 radical (unpaired) electrons. The van der Waals surface area contributed by atoms with E-state index < -0.39 is 9.84 Å². The van der Waals surface area contributed by atoms with E-state index in [1.165, 1.54) is 7.11 Å². The van der Waals surface area contributed by atoms with Crippen molar-refractivity contribution in [1.82, 2.24) is 4.90 Å². The number of ether oxygens (including phenoxy) is 1. The molecular formula is C17H23ClN2O4S. The standard InChI is InChI=1S/C17H23ClN2O4S/c1-4-11(2)19-8-17(21)20(15-10-25(22,23)9-14(15)19)12-5-6-16(24-3)13(18)7-12/h5-7,11,14-15H,4,8-10H2,1-3H3/t11-,14+,15-/m1/s1. The largest absolute Gasteiger partial charge is 0.495 e. The number of methoxy groups -OCH3 is 1. The second-order valence-corrected chi connectivity index (χ2v) is 9.28. The van der Waals surface area contributed by atoms with Gasteiger partial charge in [-0.3, -0.25) is 9.69 Å². The molecule has 3 rings (SSSR count). The van der Waals surface area contributed by atoms with E-state index >= 15 is 0 Å². The third-order valence-corrected chi connectivity index (χ3v) is 7.20. The van der Waals surface area contributed by atoms with Gasteiger partial charge in [0.15, 0.2) is 9.84 Å². The van der Waals surface area contributed by atoms with Gasteiger partial charge in [0.05, 0.1) is 36.2 Å². The van der Waals surface area contributed by atoms with Gasteiger partial charge in [0.2, 0.25) is 5.91 Å². The van der Waals surface area contributed by atoms with Crippen LogP contribution in [0.4, 0.5) is 5.69 Å². The molecule has 2 aliphatic rings. The van der Waals surface area contributed by atoms with Gasteiger partial charge in [0.25, 0.3) is 0 Å². The highest BCUT2D eigenvalue weighted by Crippen LogP contribution is 2.36. The lowest BCUT2D eigenvalue weighted by atomic mass is 10.00. The zero-order valence-electron chi connectivity index (χ0n) is 14.6. The number of fused-ring (bicyclic) bond motifs is 1. The van der Waals surface area contributed by atoms with Gasteiger partial charge in [-0.2, -0.15) is 0 Å². The van der Waals surface area contributed by atoms with Crippen molar-refractivity contribution in [2.45, 2.75) is 38.4 Å². The zero-order chi connectivity index (χ0) is 18.4. The molecule has 3 atom stereocenters. The van der Waals surface area contributed by atoms with Crippen LogP contribution in [0.15, 0.2) is 18.2 Å². The SMILES string of the molecule is CC[C@@H](C)N1CC(=O)N(c2ccc(OC)c(Cl)c2)[C@@H]2CS(=O)(=O)C[C@@H]21. The number of halogens is 1. The van der Waals surface area contributed by atoms with E-state index in [1.54, 1.807) is 23.1 Å². The highest BCUT2D eigenvalue weighted by atomic mass is 35.5. The summed E-state index contributed by atoms with van der Waals surface area (Å²) in [6.07, 6.45) is 0.866. The monoisotopic (exact) mass is 386 g/mol. The van der Waals surface area contributed by atoms with Gasteiger partial charge in [0.1, 0.15) is 5.75 Å². The van der Waals surface area contributed by atoms with Crippen LogP contribution in [0.25, 0.3) is 0 Å². The van der Waals surface area contributed by atoms with E-state index in [-0.39, 0.29) is 42.1 Å². The Kier molecular flexibility index (Phi) is 5.01. The van der Waals surface area contributed by atoms with Crippen LogP contribution in [0, 0.1) is 0 Å². The third kappa shape index (κ3) is 3.37. The molecule has 2 aliphatic heterocycles. The van der Waals surface area contributed by atoms with Crippen LogP contribution in [-0.2, 0) is 14.6 Å². The molecule has 8 heteroatoms. The molecule has 2 heterocycles. The summed E-state index contributed by atoms with van der Waals surface area (Å²) in [7, 11) is -1.66. The van der Waals surface area contributed by atoms with Crippen LogP contribution in [0.5, 0.6) is 5.75 Å². The topological polar surface area (TPSA) is 66.9 Å². The number of nitrogens with zero attached hydrogens (tertiary/aromatic N) is 2. The highest BCUT2D eigenvalue weighted by Gasteiger charge is 2.50. The lowest BCUT2D eigenvalue weighted by molar-refractivity contribution is -0.124. The molecular weight excluding hydrogens is 364 g/mol. The zero-order valence-corrected chi connectivity index (χ0v) is 16.2. The first-order valence-corrected chi connectivity index (χ1v) is 10.6. The van der Waals surface area contributed by atoms with E-state index in [9.17, 15) is 13.2 Å². The molecule has 1 amide bonds. The first-order valence-electron chi connectivity index (χ1n) is 8.39. The van der Waals surface area contributed by atoms with Crippen LogP contribution >= 0.6 is 11.6 Å². The predicted octanol–water partition coefficient (Wildman–Crippen LogP) is 1.96. The number of benzene rings is 1. The number of anilines is 1. The van der Waals surface area contributed by atoms with Gasteiger partial charge in [-0.15, -0.1) is 0 Å². The first kappa shape index (κ1) is 18.5. The van der Waals surface area contributed by atoms with Crippen molar-refractivity contribution in [3.8, 4) is 5.75 Å². The van der Waals surface area contributed by atoms with Crippen molar-refractivity contribution >= 4 is 33.0 Å². The number of carbonyl (C=O) groups excluding carboxylic acids is 1. The van der Waals surface area contributed by atoms with Crippen molar-refractivity contribution < 1.29 is 17.9 Å². The summed E-state index contributed by atoms with van der Waals surface area (Å²) < 4.78 is 29.7. The average Bonchev–Trinajstić information content (AvgIpc) is 2.88. The van der Waals surface area contributed by atoms with Crippen LogP contribution in [-0.4, -0.2) is 62.5 Å². The molecule has 0 aromatic heterocycles. The molecule has 0 unspecified atom stereocenters. The molecule has 1 aromatic carbocycles. The van der Waals surface area contributed by atoms with E-state index in [4.69, 9.17) is 16.3 Å². The maximum absolute atomic E-state index is 12.9. The minimum absolute atomic E-state index is 0.0139. The van der Waals surface area contributed by atoms with Crippen molar-refractivity contribution in [3.63, 3.8) is 0 Å². The molecule has 0 aliphatic carbocycles. The van der Waals surface area contributed by atoms with Gasteiger partial charge < -0.3 is 9.64 Å². The molecule has 25 heavy (non-hydrogen) atoms. The van der Waals surface area contributed by atoms with Crippen molar-refractivity contribution in [2.75, 3.05) is 30.1 Å². The lowest BCUT2D eigenvalue weighted by Crippen LogP contribution is -2.63. The summed E-state index contributed by atoms with van der Waals surface area (Å²) >= 11 is 6.21. The number of amides is 1. The van der Waals surface area contributed by atoms with Crippen molar-refractivity contribution in [3.05, 3.63) is 23.2 Å². The van der Waals surface area contributed by atoms with E-state index in [2.05, 4.69) is 0 Å². The smallest absolute Gasteiger partial charge is 0.241 e. The number of hydrogen-bond donors (Lipinski definition) is 0. The van der Waals surface area contributed by atoms with Gasteiger partial charge in [0, 0.05) is 17.8 Å². The minimum atomic E-state index is -3.18. The normalized spacial score (nSPS) is 27.2. The van der Waals surface area contributed by atoms with E-state index in [1.807, 2.05) is 18.7 Å². The summed E-state index contributed by atoms with van der Waals surface area (Å²) in [6, 6.07) is 4.71. The minimum Gasteiger partial charge on any atom is -0.495 e. The van der Waals surface area contributed by atoms with Crippen LogP contribution < -0.4 is 9.64 Å². The van der Waals surface area contributed by atoms with Crippen molar-refractivity contribution in [2.24, 2.45) is 0 Å². The van der Waals surface area contributed by atoms with Gasteiger partial charge in [-0.1, -0.05) is 18.5 Å². The van der Waals surface area contributed by atoms with E-state index in [0.29, 0.717) is 16.5 Å². The number of rotatable bonds is 4. The summed E-state index contributed by atoms with van der Waals surface area (Å²) in [5.41, 5.74) is 0.617. The molecule has 0 N–H and O–H groups in total. The van der Waals surface area contributed by atoms with Gasteiger partial charge >= 0.3 is 0 Å². The maximum atomic E-state index is 12.9. The Morgan fingerprint density at radius 2 is 2.00 bits per heavy atom. The Bertz CT molecular complexity index is 783. The number of carbonyl (C=O) groups is 1. The number of hydrogen-bond acceptors (Lipinski definition) is 5. The molecule has 0 bridgehead atoms. The number of piperazine rings is 1. The second kappa shape index (κ2) is 6.78. The van der Waals surface area contributed by atoms with Gasteiger partial charge in [-0.25, -0.2) is 8.42 Å². The summed E-state index contributed by atoms with van der Waals surface area (Å²) in [5.74, 6) is 0.502. The fraction of sp³-hybridized carbons (Fsp3) is 0.588. The molecule has 138 valence electrons. The molecule has 1 aromatic rings. The second-order valence-electron chi connectivity index (χ2n) is 6.72. The maximum Gasteiger partial charge on any atom is 0.241 e. The van der Waals surface area contributed by atoms with Gasteiger partial charge in [-0.05, 0) is 31.5 Å². The Hall–Kier alpha value is -1.31.